The fourth-order valence-electron chi connectivity index (χ4n) is 1.75. The van der Waals surface area contributed by atoms with Crippen LogP contribution in [0.5, 0.6) is 0 Å². The van der Waals surface area contributed by atoms with Crippen molar-refractivity contribution in [3.63, 3.8) is 0 Å². The highest BCUT2D eigenvalue weighted by Crippen LogP contribution is 2.10. The van der Waals surface area contributed by atoms with Gasteiger partial charge in [-0.25, -0.2) is 0 Å². The summed E-state index contributed by atoms with van der Waals surface area (Å²) < 4.78 is 1.72. The predicted molar refractivity (Wildman–Crippen MR) is 69.9 cm³/mol. The number of hydrogen-bond acceptors (Lipinski definition) is 3. The van der Waals surface area contributed by atoms with E-state index in [0.29, 0.717) is 17.8 Å². The molecule has 1 heterocycles. The molecule has 0 bridgehead atoms. The zero-order valence-corrected chi connectivity index (χ0v) is 10.5. The summed E-state index contributed by atoms with van der Waals surface area (Å²) in [6.07, 6.45) is 3.65. The maximum absolute atomic E-state index is 12.1. The number of hydrogen-bond donors (Lipinski definition) is 1. The van der Waals surface area contributed by atoms with Crippen molar-refractivity contribution in [3.05, 3.63) is 47.8 Å². The van der Waals surface area contributed by atoms with Crippen LogP contribution in [0, 0.1) is 0 Å². The smallest absolute Gasteiger partial charge is 0.253 e. The molecule has 0 saturated heterocycles. The van der Waals surface area contributed by atoms with Crippen LogP contribution < -0.4 is 5.73 Å². The first-order valence-electron chi connectivity index (χ1n) is 5.65. The van der Waals surface area contributed by atoms with Crippen molar-refractivity contribution in [2.24, 2.45) is 7.05 Å². The van der Waals surface area contributed by atoms with Gasteiger partial charge in [0.15, 0.2) is 0 Å². The summed E-state index contributed by atoms with van der Waals surface area (Å²) in [5, 5.41) is 4.08. The lowest BCUT2D eigenvalue weighted by atomic mass is 10.2. The fourth-order valence-corrected chi connectivity index (χ4v) is 1.75. The molecule has 0 spiro atoms. The maximum Gasteiger partial charge on any atom is 0.253 e. The molecule has 0 atom stereocenters. The summed E-state index contributed by atoms with van der Waals surface area (Å²) in [4.78, 5) is 13.8. The fraction of sp³-hybridized carbons (Fsp3) is 0.231. The Labute approximate surface area is 106 Å². The van der Waals surface area contributed by atoms with Crippen LogP contribution in [0.15, 0.2) is 36.7 Å². The highest BCUT2D eigenvalue weighted by atomic mass is 16.2. The summed E-state index contributed by atoms with van der Waals surface area (Å²) in [5.74, 6) is -0.0288. The van der Waals surface area contributed by atoms with Gasteiger partial charge in [0.05, 0.1) is 6.20 Å². The van der Waals surface area contributed by atoms with Crippen molar-refractivity contribution >= 4 is 11.6 Å². The van der Waals surface area contributed by atoms with Gasteiger partial charge in [0.1, 0.15) is 0 Å². The van der Waals surface area contributed by atoms with Gasteiger partial charge in [-0.05, 0) is 24.3 Å². The first kappa shape index (κ1) is 12.2. The zero-order valence-electron chi connectivity index (χ0n) is 10.5. The lowest BCUT2D eigenvalue weighted by Gasteiger charge is -2.16. The summed E-state index contributed by atoms with van der Waals surface area (Å²) in [7, 11) is 3.62. The minimum Gasteiger partial charge on any atom is -0.399 e. The standard InChI is InChI=1S/C13H16N4O/c1-16(8-10-7-15-17(2)9-10)13(18)11-3-5-12(14)6-4-11/h3-7,9H,8,14H2,1-2H3. The normalized spacial score (nSPS) is 10.3. The van der Waals surface area contributed by atoms with Crippen LogP contribution >= 0.6 is 0 Å². The molecule has 5 heteroatoms. The van der Waals surface area contributed by atoms with Crippen LogP contribution in [0.3, 0.4) is 0 Å². The van der Waals surface area contributed by atoms with Gasteiger partial charge in [-0.15, -0.1) is 0 Å². The van der Waals surface area contributed by atoms with E-state index in [9.17, 15) is 4.79 Å². The second kappa shape index (κ2) is 4.91. The van der Waals surface area contributed by atoms with Gasteiger partial charge in [-0.1, -0.05) is 0 Å². The van der Waals surface area contributed by atoms with Crippen LogP contribution in [0.2, 0.25) is 0 Å². The largest absolute Gasteiger partial charge is 0.399 e. The molecule has 0 fully saturated rings. The van der Waals surface area contributed by atoms with Crippen molar-refractivity contribution in [1.82, 2.24) is 14.7 Å². The number of anilines is 1. The van der Waals surface area contributed by atoms with E-state index in [-0.39, 0.29) is 5.91 Å². The Bertz CT molecular complexity index is 544. The number of carbonyl (C=O) groups excluding carboxylic acids is 1. The van der Waals surface area contributed by atoms with E-state index in [4.69, 9.17) is 5.73 Å². The van der Waals surface area contributed by atoms with Crippen molar-refractivity contribution in [2.75, 3.05) is 12.8 Å². The van der Waals surface area contributed by atoms with Crippen molar-refractivity contribution in [2.45, 2.75) is 6.54 Å². The molecule has 2 N–H and O–H groups in total. The summed E-state index contributed by atoms with van der Waals surface area (Å²) in [6, 6.07) is 6.92. The Morgan fingerprint density at radius 1 is 1.39 bits per heavy atom. The number of nitrogen functional groups attached to an aromatic ring is 1. The highest BCUT2D eigenvalue weighted by Gasteiger charge is 2.12. The Balaban J connectivity index is 2.07. The average Bonchev–Trinajstić information content (AvgIpc) is 2.75. The van der Waals surface area contributed by atoms with Gasteiger partial charge in [-0.3, -0.25) is 9.48 Å². The number of amides is 1. The molecule has 0 radical (unpaired) electrons. The molecule has 0 unspecified atom stereocenters. The first-order chi connectivity index (χ1) is 8.56. The van der Waals surface area contributed by atoms with E-state index < -0.39 is 0 Å². The predicted octanol–water partition coefficient (Wildman–Crippen LogP) is 1.27. The Morgan fingerprint density at radius 3 is 2.61 bits per heavy atom. The van der Waals surface area contributed by atoms with Gasteiger partial charge >= 0.3 is 0 Å². The third-order valence-electron chi connectivity index (χ3n) is 2.68. The molecular formula is C13H16N4O. The Hall–Kier alpha value is -2.30. The van der Waals surface area contributed by atoms with Gasteiger partial charge in [0, 0.05) is 43.7 Å². The molecule has 1 aromatic heterocycles. The number of carbonyl (C=O) groups is 1. The lowest BCUT2D eigenvalue weighted by Crippen LogP contribution is -2.25. The van der Waals surface area contributed by atoms with Crippen LogP contribution in [0.25, 0.3) is 0 Å². The van der Waals surface area contributed by atoms with Crippen molar-refractivity contribution in [3.8, 4) is 0 Å². The second-order valence-electron chi connectivity index (χ2n) is 4.31. The van der Waals surface area contributed by atoms with E-state index in [1.807, 2.05) is 13.2 Å². The summed E-state index contributed by atoms with van der Waals surface area (Å²) in [5.41, 5.74) is 7.89. The molecule has 0 aliphatic rings. The van der Waals surface area contributed by atoms with Crippen molar-refractivity contribution < 1.29 is 4.79 Å². The molecular weight excluding hydrogens is 228 g/mol. The third-order valence-corrected chi connectivity index (χ3v) is 2.68. The molecule has 5 nitrogen and oxygen atoms in total. The maximum atomic E-state index is 12.1. The van der Waals surface area contributed by atoms with Crippen LogP contribution in [-0.4, -0.2) is 27.6 Å². The molecule has 0 aliphatic heterocycles. The molecule has 18 heavy (non-hydrogen) atoms. The molecule has 2 aromatic rings. The van der Waals surface area contributed by atoms with Crippen LogP contribution in [-0.2, 0) is 13.6 Å². The molecule has 1 amide bonds. The molecule has 2 rings (SSSR count). The SMILES string of the molecule is CN(Cc1cnn(C)c1)C(=O)c1ccc(N)cc1. The molecule has 1 aromatic carbocycles. The highest BCUT2D eigenvalue weighted by molar-refractivity contribution is 5.94. The van der Waals surface area contributed by atoms with Gasteiger partial charge in [-0.2, -0.15) is 5.10 Å². The number of nitrogens with zero attached hydrogens (tertiary/aromatic N) is 3. The molecule has 0 aliphatic carbocycles. The second-order valence-corrected chi connectivity index (χ2v) is 4.31. The summed E-state index contributed by atoms with van der Waals surface area (Å²) in [6.45, 7) is 0.539. The lowest BCUT2D eigenvalue weighted by molar-refractivity contribution is 0.0785. The molecule has 0 saturated carbocycles. The van der Waals surface area contributed by atoms with Crippen LogP contribution in [0.4, 0.5) is 5.69 Å². The van der Waals surface area contributed by atoms with E-state index >= 15 is 0 Å². The Kier molecular flexibility index (Phi) is 3.32. The van der Waals surface area contributed by atoms with Gasteiger partial charge in [0.2, 0.25) is 0 Å². The van der Waals surface area contributed by atoms with Gasteiger partial charge < -0.3 is 10.6 Å². The number of benzene rings is 1. The number of aromatic nitrogens is 2. The minimum absolute atomic E-state index is 0.0288. The monoisotopic (exact) mass is 244 g/mol. The van der Waals surface area contributed by atoms with Crippen LogP contribution in [0.1, 0.15) is 15.9 Å². The quantitative estimate of drug-likeness (QED) is 0.827. The van der Waals surface area contributed by atoms with E-state index in [2.05, 4.69) is 5.10 Å². The topological polar surface area (TPSA) is 64.2 Å². The summed E-state index contributed by atoms with van der Waals surface area (Å²) >= 11 is 0. The number of aryl methyl sites for hydroxylation is 1. The average molecular weight is 244 g/mol. The van der Waals surface area contributed by atoms with E-state index in [1.165, 1.54) is 0 Å². The molecule has 94 valence electrons. The number of rotatable bonds is 3. The Morgan fingerprint density at radius 2 is 2.06 bits per heavy atom. The van der Waals surface area contributed by atoms with Gasteiger partial charge in [0.25, 0.3) is 5.91 Å². The first-order valence-corrected chi connectivity index (χ1v) is 5.65. The zero-order chi connectivity index (χ0) is 13.1. The number of nitrogens with two attached hydrogens (primary N) is 1. The van der Waals surface area contributed by atoms with E-state index in [0.717, 1.165) is 5.56 Å². The van der Waals surface area contributed by atoms with Crippen molar-refractivity contribution in [1.29, 1.82) is 0 Å². The minimum atomic E-state index is -0.0288. The van der Waals surface area contributed by atoms with E-state index in [1.54, 1.807) is 47.1 Å². The third kappa shape index (κ3) is 2.68.